The second kappa shape index (κ2) is 4.33. The molecule has 2 nitrogen and oxygen atoms in total. The van der Waals surface area contributed by atoms with E-state index in [0.29, 0.717) is 13.1 Å². The molecule has 0 aliphatic heterocycles. The van der Waals surface area contributed by atoms with Crippen LogP contribution < -0.4 is 0 Å². The summed E-state index contributed by atoms with van der Waals surface area (Å²) in [4.78, 5) is 9.82. The minimum Gasteiger partial charge on any atom is -0.463 e. The van der Waals surface area contributed by atoms with E-state index >= 15 is 0 Å². The molecule has 0 saturated heterocycles. The highest BCUT2D eigenvalue weighted by Crippen LogP contribution is 2.06. The largest absolute Gasteiger partial charge is 0.463 e. The van der Waals surface area contributed by atoms with Gasteiger partial charge >= 0.3 is 0 Å². The summed E-state index contributed by atoms with van der Waals surface area (Å²) in [5.41, 5.74) is 1.01. The molecule has 0 fully saturated rings. The first-order valence-corrected chi connectivity index (χ1v) is 4.20. The van der Waals surface area contributed by atoms with Crippen molar-refractivity contribution in [1.29, 1.82) is 0 Å². The molecule has 11 heavy (non-hydrogen) atoms. The molecule has 0 aliphatic rings. The van der Waals surface area contributed by atoms with Crippen molar-refractivity contribution >= 4 is 29.1 Å². The molecule has 0 heterocycles. The molecule has 0 aliphatic carbocycles. The van der Waals surface area contributed by atoms with Crippen molar-refractivity contribution in [2.45, 2.75) is 6.61 Å². The fourth-order valence-electron chi connectivity index (χ4n) is 0.711. The summed E-state index contributed by atoms with van der Waals surface area (Å²) < 4.78 is 5.75. The molecular weight excluding hydrogens is 255 g/mol. The summed E-state index contributed by atoms with van der Waals surface area (Å²) in [5, 5.41) is 0. The Labute approximate surface area is 78.7 Å². The Hall–Kier alpha value is -0.580. The molecule has 0 bridgehead atoms. The average Bonchev–Trinajstić information content (AvgIpc) is 2.04. The maximum absolute atomic E-state index is 9.82. The highest BCUT2D eigenvalue weighted by atomic mass is 127. The van der Waals surface area contributed by atoms with Gasteiger partial charge in [0.25, 0.3) is 6.47 Å². The lowest BCUT2D eigenvalue weighted by molar-refractivity contribution is -0.129. The van der Waals surface area contributed by atoms with E-state index in [1.165, 1.54) is 3.57 Å². The van der Waals surface area contributed by atoms with Gasteiger partial charge in [-0.3, -0.25) is 4.79 Å². The van der Waals surface area contributed by atoms with Crippen LogP contribution in [-0.2, 0) is 16.1 Å². The van der Waals surface area contributed by atoms with Crippen LogP contribution >= 0.6 is 22.6 Å². The molecule has 1 aromatic rings. The van der Waals surface area contributed by atoms with Gasteiger partial charge < -0.3 is 4.74 Å². The van der Waals surface area contributed by atoms with Crippen molar-refractivity contribution in [3.05, 3.63) is 33.4 Å². The Bertz CT molecular complexity index is 230. The van der Waals surface area contributed by atoms with Crippen LogP contribution in [0.4, 0.5) is 0 Å². The molecule has 0 aromatic heterocycles. The predicted molar refractivity (Wildman–Crippen MR) is 50.0 cm³/mol. The van der Waals surface area contributed by atoms with E-state index in [2.05, 4.69) is 27.3 Å². The monoisotopic (exact) mass is 262 g/mol. The number of ether oxygens (including phenoxy) is 1. The Morgan fingerprint density at radius 3 is 2.55 bits per heavy atom. The quantitative estimate of drug-likeness (QED) is 0.614. The van der Waals surface area contributed by atoms with Gasteiger partial charge in [-0.15, -0.1) is 0 Å². The number of carbonyl (C=O) groups excluding carboxylic acids is 1. The third-order valence-electron chi connectivity index (χ3n) is 1.23. The van der Waals surface area contributed by atoms with E-state index in [4.69, 9.17) is 0 Å². The summed E-state index contributed by atoms with van der Waals surface area (Å²) in [6.07, 6.45) is 0. The van der Waals surface area contributed by atoms with Crippen molar-refractivity contribution in [3.8, 4) is 0 Å². The van der Waals surface area contributed by atoms with Crippen LogP contribution in [0.5, 0.6) is 0 Å². The Morgan fingerprint density at radius 1 is 1.36 bits per heavy atom. The maximum Gasteiger partial charge on any atom is 0.293 e. The smallest absolute Gasteiger partial charge is 0.293 e. The molecule has 58 valence electrons. The normalized spacial score (nSPS) is 9.18. The zero-order valence-corrected chi connectivity index (χ0v) is 7.95. The minimum absolute atomic E-state index is 0.362. The molecule has 0 radical (unpaired) electrons. The van der Waals surface area contributed by atoms with Crippen molar-refractivity contribution in [2.24, 2.45) is 0 Å². The molecule has 0 saturated carbocycles. The first-order valence-electron chi connectivity index (χ1n) is 3.12. The second-order valence-corrected chi connectivity index (χ2v) is 3.28. The van der Waals surface area contributed by atoms with Gasteiger partial charge in [-0.05, 0) is 40.3 Å². The third-order valence-corrected chi connectivity index (χ3v) is 1.95. The van der Waals surface area contributed by atoms with E-state index < -0.39 is 0 Å². The highest BCUT2D eigenvalue weighted by molar-refractivity contribution is 14.1. The molecule has 0 amide bonds. The molecule has 0 N–H and O–H groups in total. The first-order chi connectivity index (χ1) is 5.33. The van der Waals surface area contributed by atoms with Crippen LogP contribution in [0.2, 0.25) is 0 Å². The lowest BCUT2D eigenvalue weighted by atomic mass is 10.2. The first kappa shape index (κ1) is 8.52. The third kappa shape index (κ3) is 2.88. The van der Waals surface area contributed by atoms with Crippen molar-refractivity contribution < 1.29 is 9.53 Å². The molecule has 0 spiro atoms. The maximum atomic E-state index is 9.82. The van der Waals surface area contributed by atoms with Crippen molar-refractivity contribution in [1.82, 2.24) is 0 Å². The van der Waals surface area contributed by atoms with E-state index in [9.17, 15) is 4.79 Å². The fraction of sp³-hybridized carbons (Fsp3) is 0.125. The minimum atomic E-state index is 0.362. The van der Waals surface area contributed by atoms with Gasteiger partial charge in [0.1, 0.15) is 6.61 Å². The molecule has 1 aromatic carbocycles. The van der Waals surface area contributed by atoms with Gasteiger partial charge in [0, 0.05) is 3.57 Å². The fourth-order valence-corrected chi connectivity index (χ4v) is 1.07. The summed E-state index contributed by atoms with van der Waals surface area (Å²) in [6, 6.07) is 7.82. The number of carbonyl (C=O) groups is 1. The Kier molecular flexibility index (Phi) is 3.35. The van der Waals surface area contributed by atoms with Crippen molar-refractivity contribution in [3.63, 3.8) is 0 Å². The van der Waals surface area contributed by atoms with Gasteiger partial charge in [0.2, 0.25) is 0 Å². The number of hydrogen-bond donors (Lipinski definition) is 0. The van der Waals surface area contributed by atoms with Crippen LogP contribution in [0.1, 0.15) is 5.56 Å². The highest BCUT2D eigenvalue weighted by Gasteiger charge is 1.90. The zero-order valence-electron chi connectivity index (χ0n) is 5.79. The van der Waals surface area contributed by atoms with E-state index in [1.807, 2.05) is 24.3 Å². The predicted octanol–water partition coefficient (Wildman–Crippen LogP) is 1.96. The van der Waals surface area contributed by atoms with E-state index in [0.717, 1.165) is 5.56 Å². The molecule has 0 atom stereocenters. The topological polar surface area (TPSA) is 26.3 Å². The average molecular weight is 262 g/mol. The number of rotatable bonds is 3. The molecule has 1 rings (SSSR count). The summed E-state index contributed by atoms with van der Waals surface area (Å²) >= 11 is 2.22. The summed E-state index contributed by atoms with van der Waals surface area (Å²) in [6.45, 7) is 0.818. The number of halogens is 1. The zero-order chi connectivity index (χ0) is 8.10. The van der Waals surface area contributed by atoms with Crippen LogP contribution in [0, 0.1) is 3.57 Å². The molecule has 3 heteroatoms. The summed E-state index contributed by atoms with van der Waals surface area (Å²) in [7, 11) is 0. The number of benzene rings is 1. The molecular formula is C8H7IO2. The Morgan fingerprint density at radius 2 is 2.00 bits per heavy atom. The van der Waals surface area contributed by atoms with Gasteiger partial charge in [-0.1, -0.05) is 12.1 Å². The van der Waals surface area contributed by atoms with Crippen LogP contribution in [0.3, 0.4) is 0 Å². The van der Waals surface area contributed by atoms with Gasteiger partial charge in [0.05, 0.1) is 0 Å². The van der Waals surface area contributed by atoms with E-state index in [-0.39, 0.29) is 0 Å². The van der Waals surface area contributed by atoms with Crippen LogP contribution in [-0.4, -0.2) is 6.47 Å². The SMILES string of the molecule is O=COCc1ccc(I)cc1. The standard InChI is InChI=1S/C8H7IO2/c9-8-3-1-7(2-4-8)5-11-6-10/h1-4,6H,5H2. The van der Waals surface area contributed by atoms with Crippen LogP contribution in [0.15, 0.2) is 24.3 Å². The van der Waals surface area contributed by atoms with Gasteiger partial charge in [0.15, 0.2) is 0 Å². The van der Waals surface area contributed by atoms with Gasteiger partial charge in [-0.25, -0.2) is 0 Å². The second-order valence-electron chi connectivity index (χ2n) is 2.03. The lowest BCUT2D eigenvalue weighted by Crippen LogP contribution is -1.89. The summed E-state index contributed by atoms with van der Waals surface area (Å²) in [5.74, 6) is 0. The molecule has 0 unspecified atom stereocenters. The Balaban J connectivity index is 2.58. The van der Waals surface area contributed by atoms with Crippen molar-refractivity contribution in [2.75, 3.05) is 0 Å². The van der Waals surface area contributed by atoms with E-state index in [1.54, 1.807) is 0 Å². The lowest BCUT2D eigenvalue weighted by Gasteiger charge is -1.97. The van der Waals surface area contributed by atoms with Crippen LogP contribution in [0.25, 0.3) is 0 Å². The van der Waals surface area contributed by atoms with Gasteiger partial charge in [-0.2, -0.15) is 0 Å². The number of hydrogen-bond acceptors (Lipinski definition) is 2.